The minimum Gasteiger partial charge on any atom is -0.461 e. The SMILES string of the molecule is CCCC[C@@H](CC)COC(=O)c1sc2cscc2c1F. The molecule has 0 saturated heterocycles. The first-order valence-corrected chi connectivity index (χ1v) is 8.74. The molecule has 0 saturated carbocycles. The van der Waals surface area contributed by atoms with Crippen LogP contribution in [-0.2, 0) is 4.74 Å². The summed E-state index contributed by atoms with van der Waals surface area (Å²) in [6, 6.07) is 0. The Kier molecular flexibility index (Phi) is 5.54. The average molecular weight is 314 g/mol. The molecule has 0 aliphatic carbocycles. The van der Waals surface area contributed by atoms with Crippen LogP contribution < -0.4 is 0 Å². The van der Waals surface area contributed by atoms with Crippen LogP contribution in [-0.4, -0.2) is 12.6 Å². The molecule has 2 rings (SSSR count). The van der Waals surface area contributed by atoms with Crippen LogP contribution in [0.25, 0.3) is 10.1 Å². The number of thiophene rings is 2. The highest BCUT2D eigenvalue weighted by Crippen LogP contribution is 2.33. The third-order valence-electron chi connectivity index (χ3n) is 3.45. The van der Waals surface area contributed by atoms with Crippen LogP contribution >= 0.6 is 22.7 Å². The Balaban J connectivity index is 1.97. The molecule has 0 fully saturated rings. The number of hydrogen-bond acceptors (Lipinski definition) is 4. The van der Waals surface area contributed by atoms with Gasteiger partial charge in [0.05, 0.1) is 6.61 Å². The van der Waals surface area contributed by atoms with E-state index >= 15 is 0 Å². The third kappa shape index (κ3) is 3.38. The van der Waals surface area contributed by atoms with Crippen molar-refractivity contribution in [1.82, 2.24) is 0 Å². The number of ether oxygens (including phenoxy) is 1. The number of unbranched alkanes of at least 4 members (excludes halogenated alkanes) is 1. The van der Waals surface area contributed by atoms with Gasteiger partial charge in [-0.25, -0.2) is 9.18 Å². The van der Waals surface area contributed by atoms with Crippen molar-refractivity contribution in [3.05, 3.63) is 21.5 Å². The number of rotatable bonds is 7. The second-order valence-corrected chi connectivity index (χ2v) is 6.71. The fourth-order valence-electron chi connectivity index (χ4n) is 2.09. The zero-order valence-electron chi connectivity index (χ0n) is 11.8. The summed E-state index contributed by atoms with van der Waals surface area (Å²) >= 11 is 2.62. The van der Waals surface area contributed by atoms with Crippen molar-refractivity contribution in [1.29, 1.82) is 0 Å². The highest BCUT2D eigenvalue weighted by Gasteiger charge is 2.21. The van der Waals surface area contributed by atoms with E-state index in [-0.39, 0.29) is 4.88 Å². The number of esters is 1. The summed E-state index contributed by atoms with van der Waals surface area (Å²) in [4.78, 5) is 12.1. The molecule has 0 amide bonds. The van der Waals surface area contributed by atoms with Crippen molar-refractivity contribution in [2.75, 3.05) is 6.61 Å². The molecule has 1 atom stereocenters. The summed E-state index contributed by atoms with van der Waals surface area (Å²) in [6.45, 7) is 4.63. The predicted molar refractivity (Wildman–Crippen MR) is 83.2 cm³/mol. The molecule has 0 radical (unpaired) electrons. The smallest absolute Gasteiger partial charge is 0.351 e. The van der Waals surface area contributed by atoms with Crippen LogP contribution in [0.5, 0.6) is 0 Å². The second-order valence-electron chi connectivity index (χ2n) is 4.91. The first-order valence-electron chi connectivity index (χ1n) is 6.98. The number of carbonyl (C=O) groups excluding carboxylic acids is 1. The summed E-state index contributed by atoms with van der Waals surface area (Å²) in [5.74, 6) is -0.580. The zero-order valence-corrected chi connectivity index (χ0v) is 13.4. The molecule has 2 nitrogen and oxygen atoms in total. The van der Waals surface area contributed by atoms with Gasteiger partial charge in [-0.15, -0.1) is 11.3 Å². The highest BCUT2D eigenvalue weighted by atomic mass is 32.1. The van der Waals surface area contributed by atoms with Gasteiger partial charge < -0.3 is 4.74 Å². The van der Waals surface area contributed by atoms with Gasteiger partial charge in [0.2, 0.25) is 0 Å². The molecule has 0 aromatic carbocycles. The van der Waals surface area contributed by atoms with E-state index in [0.29, 0.717) is 17.9 Å². The Morgan fingerprint density at radius 3 is 2.85 bits per heavy atom. The molecule has 110 valence electrons. The molecule has 2 aromatic heterocycles. The quantitative estimate of drug-likeness (QED) is 0.633. The Morgan fingerprint density at radius 1 is 1.40 bits per heavy atom. The van der Waals surface area contributed by atoms with E-state index in [2.05, 4.69) is 13.8 Å². The van der Waals surface area contributed by atoms with Crippen LogP contribution in [0, 0.1) is 11.7 Å². The van der Waals surface area contributed by atoms with E-state index in [9.17, 15) is 9.18 Å². The van der Waals surface area contributed by atoms with Gasteiger partial charge in [-0.2, -0.15) is 11.3 Å². The summed E-state index contributed by atoms with van der Waals surface area (Å²) in [5.41, 5.74) is 0. The molecule has 5 heteroatoms. The first-order chi connectivity index (χ1) is 9.67. The maximum atomic E-state index is 14.0. The lowest BCUT2D eigenvalue weighted by molar-refractivity contribution is 0.0429. The van der Waals surface area contributed by atoms with E-state index in [1.807, 2.05) is 5.38 Å². The zero-order chi connectivity index (χ0) is 14.5. The number of fused-ring (bicyclic) bond motifs is 1. The molecule has 2 aromatic rings. The molecule has 0 unspecified atom stereocenters. The van der Waals surface area contributed by atoms with Gasteiger partial charge in [0.25, 0.3) is 0 Å². The maximum Gasteiger partial charge on any atom is 0.351 e. The Bertz CT molecular complexity index is 573. The fraction of sp³-hybridized carbons (Fsp3) is 0.533. The molecule has 0 aliphatic rings. The van der Waals surface area contributed by atoms with Crippen molar-refractivity contribution < 1.29 is 13.9 Å². The molecule has 0 bridgehead atoms. The highest BCUT2D eigenvalue weighted by molar-refractivity contribution is 7.24. The Hall–Kier alpha value is -0.940. The monoisotopic (exact) mass is 314 g/mol. The van der Waals surface area contributed by atoms with Gasteiger partial charge in [-0.05, 0) is 12.3 Å². The van der Waals surface area contributed by atoms with E-state index in [4.69, 9.17) is 4.74 Å². The standard InChI is InChI=1S/C15H19FO2S2/c1-3-5-6-10(4-2)7-18-15(17)14-13(16)11-8-19-9-12(11)20-14/h8-10H,3-7H2,1-2H3/t10-/m1/s1. The van der Waals surface area contributed by atoms with Crippen LogP contribution in [0.15, 0.2) is 10.8 Å². The molecule has 20 heavy (non-hydrogen) atoms. The molecule has 2 heterocycles. The molecule has 0 N–H and O–H groups in total. The topological polar surface area (TPSA) is 26.3 Å². The van der Waals surface area contributed by atoms with Crippen LogP contribution in [0.2, 0.25) is 0 Å². The van der Waals surface area contributed by atoms with E-state index in [1.165, 1.54) is 22.7 Å². The Labute approximate surface area is 126 Å². The minimum absolute atomic E-state index is 0.105. The molecule has 0 aliphatic heterocycles. The maximum absolute atomic E-state index is 14.0. The van der Waals surface area contributed by atoms with E-state index in [1.54, 1.807) is 5.38 Å². The van der Waals surface area contributed by atoms with Crippen molar-refractivity contribution in [2.45, 2.75) is 39.5 Å². The lowest BCUT2D eigenvalue weighted by atomic mass is 10.0. The normalized spacial score (nSPS) is 12.8. The molecule has 0 spiro atoms. The van der Waals surface area contributed by atoms with Crippen LogP contribution in [0.1, 0.15) is 49.2 Å². The largest absolute Gasteiger partial charge is 0.461 e. The van der Waals surface area contributed by atoms with Gasteiger partial charge in [0.15, 0.2) is 5.82 Å². The van der Waals surface area contributed by atoms with Crippen LogP contribution in [0.3, 0.4) is 0 Å². The van der Waals surface area contributed by atoms with E-state index < -0.39 is 11.8 Å². The van der Waals surface area contributed by atoms with Crippen molar-refractivity contribution in [2.24, 2.45) is 5.92 Å². The van der Waals surface area contributed by atoms with Gasteiger partial charge in [-0.1, -0.05) is 33.1 Å². The van der Waals surface area contributed by atoms with Crippen LogP contribution in [0.4, 0.5) is 4.39 Å². The number of halogens is 1. The van der Waals surface area contributed by atoms with Gasteiger partial charge in [-0.3, -0.25) is 0 Å². The van der Waals surface area contributed by atoms with Crippen molar-refractivity contribution in [3.63, 3.8) is 0 Å². The molecular formula is C15H19FO2S2. The number of carbonyl (C=O) groups is 1. The van der Waals surface area contributed by atoms with E-state index in [0.717, 1.165) is 30.4 Å². The summed E-state index contributed by atoms with van der Waals surface area (Å²) in [6.07, 6.45) is 4.32. The predicted octanol–water partition coefficient (Wildman–Crippen LogP) is 5.48. The van der Waals surface area contributed by atoms with Crippen molar-refractivity contribution >= 4 is 38.7 Å². The van der Waals surface area contributed by atoms with Gasteiger partial charge in [0, 0.05) is 20.8 Å². The lowest BCUT2D eigenvalue weighted by Gasteiger charge is -2.14. The summed E-state index contributed by atoms with van der Waals surface area (Å²) in [5, 5.41) is 4.12. The lowest BCUT2D eigenvalue weighted by Crippen LogP contribution is -2.14. The third-order valence-corrected chi connectivity index (χ3v) is 5.45. The number of hydrogen-bond donors (Lipinski definition) is 0. The summed E-state index contributed by atoms with van der Waals surface area (Å²) < 4.78 is 20.1. The minimum atomic E-state index is -0.524. The second kappa shape index (κ2) is 7.18. The first kappa shape index (κ1) is 15.4. The van der Waals surface area contributed by atoms with Crippen molar-refractivity contribution in [3.8, 4) is 0 Å². The Morgan fingerprint density at radius 2 is 2.20 bits per heavy atom. The fourth-order valence-corrected chi connectivity index (χ4v) is 4.03. The summed E-state index contributed by atoms with van der Waals surface area (Å²) in [7, 11) is 0. The average Bonchev–Trinajstić information content (AvgIpc) is 3.02. The molecular weight excluding hydrogens is 295 g/mol. The van der Waals surface area contributed by atoms with Gasteiger partial charge in [0.1, 0.15) is 4.88 Å². The van der Waals surface area contributed by atoms with Gasteiger partial charge >= 0.3 is 5.97 Å².